The zero-order valence-electron chi connectivity index (χ0n) is 12.8. The molecule has 7 nitrogen and oxygen atoms in total. The van der Waals surface area contributed by atoms with E-state index in [-0.39, 0.29) is 11.6 Å². The van der Waals surface area contributed by atoms with Gasteiger partial charge in [-0.15, -0.1) is 0 Å². The lowest BCUT2D eigenvalue weighted by Gasteiger charge is -2.08. The van der Waals surface area contributed by atoms with Gasteiger partial charge in [-0.25, -0.2) is 0 Å². The van der Waals surface area contributed by atoms with Gasteiger partial charge in [0.05, 0.1) is 11.5 Å². The van der Waals surface area contributed by atoms with Crippen LogP contribution in [0.2, 0.25) is 0 Å². The van der Waals surface area contributed by atoms with E-state index in [2.05, 4.69) is 10.4 Å². The highest BCUT2D eigenvalue weighted by atomic mass is 16.6. The van der Waals surface area contributed by atoms with Crippen molar-refractivity contribution in [3.63, 3.8) is 0 Å². The quantitative estimate of drug-likeness (QED) is 0.677. The third-order valence-electron chi connectivity index (χ3n) is 3.52. The van der Waals surface area contributed by atoms with E-state index < -0.39 is 4.92 Å². The van der Waals surface area contributed by atoms with Crippen molar-refractivity contribution >= 4 is 11.6 Å². The van der Waals surface area contributed by atoms with Gasteiger partial charge in [-0.05, 0) is 32.4 Å². The summed E-state index contributed by atoms with van der Waals surface area (Å²) in [5, 5.41) is 17.9. The van der Waals surface area contributed by atoms with Gasteiger partial charge in [0.2, 0.25) is 0 Å². The van der Waals surface area contributed by atoms with Crippen molar-refractivity contribution in [3.05, 3.63) is 56.9 Å². The maximum atomic E-state index is 12.1. The Bertz CT molecular complexity index is 722. The fraction of sp³-hybridized carbons (Fsp3) is 0.333. The van der Waals surface area contributed by atoms with Gasteiger partial charge in [0, 0.05) is 12.1 Å². The Hall–Kier alpha value is -2.70. The Labute approximate surface area is 128 Å². The van der Waals surface area contributed by atoms with E-state index in [1.807, 2.05) is 25.1 Å². The topological polar surface area (TPSA) is 90.1 Å². The Morgan fingerprint density at radius 3 is 2.59 bits per heavy atom. The van der Waals surface area contributed by atoms with E-state index in [1.165, 1.54) is 0 Å². The number of carbonyl (C=O) groups excluding carboxylic acids is 1. The van der Waals surface area contributed by atoms with Crippen molar-refractivity contribution in [2.75, 3.05) is 6.54 Å². The molecule has 0 spiro atoms. The number of carbonyl (C=O) groups is 1. The molecule has 1 aromatic carbocycles. The predicted octanol–water partition coefficient (Wildman–Crippen LogP) is 2.15. The standard InChI is InChI=1S/C15H18N4O3/c1-10-6-4-5-7-13(10)15(20)16-8-9-18-12(3)14(19(21)22)11(2)17-18/h4-7H,8-9H2,1-3H3,(H,16,20). The van der Waals surface area contributed by atoms with E-state index in [9.17, 15) is 14.9 Å². The Morgan fingerprint density at radius 1 is 1.32 bits per heavy atom. The van der Waals surface area contributed by atoms with Crippen LogP contribution in [0.4, 0.5) is 5.69 Å². The second kappa shape index (κ2) is 6.38. The normalized spacial score (nSPS) is 10.5. The zero-order chi connectivity index (χ0) is 16.3. The summed E-state index contributed by atoms with van der Waals surface area (Å²) in [5.41, 5.74) is 2.44. The molecule has 1 aromatic heterocycles. The first kappa shape index (κ1) is 15.7. The molecule has 0 aliphatic carbocycles. The molecule has 2 aromatic rings. The lowest BCUT2D eigenvalue weighted by molar-refractivity contribution is -0.386. The number of nitro groups is 1. The Kier molecular flexibility index (Phi) is 4.55. The van der Waals surface area contributed by atoms with Crippen LogP contribution in [-0.4, -0.2) is 27.2 Å². The fourth-order valence-electron chi connectivity index (χ4n) is 2.37. The first-order valence-corrected chi connectivity index (χ1v) is 6.94. The van der Waals surface area contributed by atoms with Crippen LogP contribution in [0, 0.1) is 30.9 Å². The molecule has 0 fully saturated rings. The largest absolute Gasteiger partial charge is 0.350 e. The van der Waals surface area contributed by atoms with Gasteiger partial charge < -0.3 is 5.32 Å². The number of nitrogens with zero attached hydrogens (tertiary/aromatic N) is 3. The number of amides is 1. The van der Waals surface area contributed by atoms with Crippen LogP contribution in [0.15, 0.2) is 24.3 Å². The average molecular weight is 302 g/mol. The molecule has 1 heterocycles. The molecule has 0 unspecified atom stereocenters. The molecule has 1 amide bonds. The summed E-state index contributed by atoms with van der Waals surface area (Å²) in [6.07, 6.45) is 0. The second-order valence-corrected chi connectivity index (χ2v) is 5.07. The number of benzene rings is 1. The first-order chi connectivity index (χ1) is 10.4. The van der Waals surface area contributed by atoms with Crippen LogP contribution >= 0.6 is 0 Å². The lowest BCUT2D eigenvalue weighted by Crippen LogP contribution is -2.28. The lowest BCUT2D eigenvalue weighted by atomic mass is 10.1. The third-order valence-corrected chi connectivity index (χ3v) is 3.52. The van der Waals surface area contributed by atoms with Crippen molar-refractivity contribution < 1.29 is 9.72 Å². The minimum absolute atomic E-state index is 0.0326. The molecule has 0 aliphatic heterocycles. The monoisotopic (exact) mass is 302 g/mol. The molecule has 2 rings (SSSR count). The predicted molar refractivity (Wildman–Crippen MR) is 81.9 cm³/mol. The zero-order valence-corrected chi connectivity index (χ0v) is 12.8. The van der Waals surface area contributed by atoms with E-state index >= 15 is 0 Å². The molecule has 0 atom stereocenters. The van der Waals surface area contributed by atoms with Crippen LogP contribution in [0.5, 0.6) is 0 Å². The number of rotatable bonds is 5. The number of aromatic nitrogens is 2. The van der Waals surface area contributed by atoms with Crippen molar-refractivity contribution in [2.24, 2.45) is 0 Å². The molecule has 0 bridgehead atoms. The van der Waals surface area contributed by atoms with E-state index in [1.54, 1.807) is 24.6 Å². The van der Waals surface area contributed by atoms with Gasteiger partial charge in [0.25, 0.3) is 5.91 Å². The van der Waals surface area contributed by atoms with Crippen molar-refractivity contribution in [2.45, 2.75) is 27.3 Å². The average Bonchev–Trinajstić information content (AvgIpc) is 2.73. The smallest absolute Gasteiger partial charge is 0.312 e. The first-order valence-electron chi connectivity index (χ1n) is 6.94. The summed E-state index contributed by atoms with van der Waals surface area (Å²) >= 11 is 0. The number of nitrogens with one attached hydrogen (secondary N) is 1. The summed E-state index contributed by atoms with van der Waals surface area (Å²) in [7, 11) is 0. The maximum Gasteiger partial charge on any atom is 0.312 e. The van der Waals surface area contributed by atoms with Gasteiger partial charge >= 0.3 is 5.69 Å². The third kappa shape index (κ3) is 3.13. The molecule has 0 saturated carbocycles. The summed E-state index contributed by atoms with van der Waals surface area (Å²) in [6.45, 7) is 5.87. The summed E-state index contributed by atoms with van der Waals surface area (Å²) in [6, 6.07) is 7.32. The van der Waals surface area contributed by atoms with Crippen LogP contribution < -0.4 is 5.32 Å². The van der Waals surface area contributed by atoms with Crippen molar-refractivity contribution in [1.82, 2.24) is 15.1 Å². The van der Waals surface area contributed by atoms with E-state index in [0.717, 1.165) is 5.56 Å². The van der Waals surface area contributed by atoms with Gasteiger partial charge in [-0.2, -0.15) is 5.10 Å². The van der Waals surface area contributed by atoms with Gasteiger partial charge in [0.1, 0.15) is 11.4 Å². The van der Waals surface area contributed by atoms with Crippen molar-refractivity contribution in [3.8, 4) is 0 Å². The fourth-order valence-corrected chi connectivity index (χ4v) is 2.37. The van der Waals surface area contributed by atoms with Crippen LogP contribution in [-0.2, 0) is 6.54 Å². The maximum absolute atomic E-state index is 12.1. The molecule has 0 saturated heterocycles. The number of aryl methyl sites for hydroxylation is 2. The van der Waals surface area contributed by atoms with E-state index in [4.69, 9.17) is 0 Å². The molecule has 0 radical (unpaired) electrons. The molecule has 22 heavy (non-hydrogen) atoms. The molecule has 116 valence electrons. The minimum atomic E-state index is -0.430. The van der Waals surface area contributed by atoms with Gasteiger partial charge in [0.15, 0.2) is 0 Å². The second-order valence-electron chi connectivity index (χ2n) is 5.07. The molecule has 0 aliphatic rings. The van der Waals surface area contributed by atoms with Crippen molar-refractivity contribution in [1.29, 1.82) is 0 Å². The summed E-state index contributed by atoms with van der Waals surface area (Å²) in [5.74, 6) is -0.158. The number of hydrogen-bond donors (Lipinski definition) is 1. The number of hydrogen-bond acceptors (Lipinski definition) is 4. The highest BCUT2D eigenvalue weighted by molar-refractivity contribution is 5.95. The Balaban J connectivity index is 2.00. The van der Waals surface area contributed by atoms with Crippen LogP contribution in [0.1, 0.15) is 27.3 Å². The van der Waals surface area contributed by atoms with Crippen LogP contribution in [0.25, 0.3) is 0 Å². The molecule has 7 heteroatoms. The van der Waals surface area contributed by atoms with E-state index in [0.29, 0.717) is 30.0 Å². The summed E-state index contributed by atoms with van der Waals surface area (Å²) < 4.78 is 1.55. The molecular weight excluding hydrogens is 284 g/mol. The molecular formula is C15H18N4O3. The highest BCUT2D eigenvalue weighted by Crippen LogP contribution is 2.21. The van der Waals surface area contributed by atoms with Gasteiger partial charge in [-0.3, -0.25) is 19.6 Å². The molecule has 1 N–H and O–H groups in total. The minimum Gasteiger partial charge on any atom is -0.350 e. The SMILES string of the molecule is Cc1ccccc1C(=O)NCCn1nc(C)c([N+](=O)[O-])c1C. The Morgan fingerprint density at radius 2 is 2.00 bits per heavy atom. The summed E-state index contributed by atoms with van der Waals surface area (Å²) in [4.78, 5) is 22.6. The highest BCUT2D eigenvalue weighted by Gasteiger charge is 2.21. The van der Waals surface area contributed by atoms with Crippen LogP contribution in [0.3, 0.4) is 0 Å². The van der Waals surface area contributed by atoms with Gasteiger partial charge in [-0.1, -0.05) is 18.2 Å².